The second-order valence-electron chi connectivity index (χ2n) is 1.21. The molecule has 0 atom stereocenters. The smallest absolute Gasteiger partial charge is 0.867 e. The van der Waals surface area contributed by atoms with E-state index in [9.17, 15) is 9.90 Å². The van der Waals surface area contributed by atoms with Gasteiger partial charge < -0.3 is 9.84 Å². The number of ether oxygens (including phenoxy) is 1. The summed E-state index contributed by atoms with van der Waals surface area (Å²) in [4.78, 5) is 10.3. The standard InChI is InChI=1S/C5H8O3S.Na/c1-2-8-5(7)4(6)3-9;/h3,6,9H,2H2,1H3;/q;+1/p-1/b4-3-;. The first-order chi connectivity index (χ1) is 4.22. The summed E-state index contributed by atoms with van der Waals surface area (Å²) >= 11 is 3.47. The molecule has 0 aromatic rings. The zero-order valence-corrected chi connectivity index (χ0v) is 8.85. The molecule has 0 aromatic carbocycles. The zero-order valence-electron chi connectivity index (χ0n) is 5.96. The second kappa shape index (κ2) is 7.47. The molecule has 0 heterocycles. The molecule has 0 rings (SSSR count). The second-order valence-corrected chi connectivity index (χ2v) is 1.47. The van der Waals surface area contributed by atoms with Crippen molar-refractivity contribution in [3.05, 3.63) is 11.2 Å². The van der Waals surface area contributed by atoms with Crippen LogP contribution in [0, 0.1) is 0 Å². The van der Waals surface area contributed by atoms with Gasteiger partial charge >= 0.3 is 35.5 Å². The van der Waals surface area contributed by atoms with Gasteiger partial charge in [-0.25, -0.2) is 4.79 Å². The van der Waals surface area contributed by atoms with Crippen LogP contribution >= 0.6 is 12.6 Å². The van der Waals surface area contributed by atoms with Gasteiger partial charge in [0.1, 0.15) is 0 Å². The van der Waals surface area contributed by atoms with E-state index in [-0.39, 0.29) is 36.2 Å². The van der Waals surface area contributed by atoms with Crippen LogP contribution in [0.1, 0.15) is 6.92 Å². The number of rotatable bonds is 2. The summed E-state index contributed by atoms with van der Waals surface area (Å²) in [5, 5.41) is 11.2. The van der Waals surface area contributed by atoms with Crippen LogP contribution in [0.15, 0.2) is 11.2 Å². The van der Waals surface area contributed by atoms with Crippen LogP contribution in [0.4, 0.5) is 0 Å². The maximum Gasteiger partial charge on any atom is 1.00 e. The molecule has 0 aliphatic heterocycles. The van der Waals surface area contributed by atoms with Crippen LogP contribution in [0.2, 0.25) is 0 Å². The molecule has 0 aliphatic rings. The molecular formula is C5H7NaO3S. The number of esters is 1. The number of hydrogen-bond acceptors (Lipinski definition) is 4. The molecule has 0 saturated heterocycles. The quantitative estimate of drug-likeness (QED) is 0.155. The minimum absolute atomic E-state index is 0. The fourth-order valence-electron chi connectivity index (χ4n) is 0.255. The Balaban J connectivity index is 0. The molecule has 0 bridgehead atoms. The third kappa shape index (κ3) is 5.17. The minimum atomic E-state index is -0.854. The Labute approximate surface area is 87.1 Å². The van der Waals surface area contributed by atoms with Crippen LogP contribution in [0.3, 0.4) is 0 Å². The number of carbonyl (C=O) groups excluding carboxylic acids is 1. The van der Waals surface area contributed by atoms with Gasteiger partial charge in [0.25, 0.3) is 0 Å². The third-order valence-corrected chi connectivity index (χ3v) is 0.828. The first-order valence-electron chi connectivity index (χ1n) is 2.41. The average Bonchev–Trinajstić information content (AvgIpc) is 1.87. The third-order valence-electron chi connectivity index (χ3n) is 0.594. The molecule has 3 nitrogen and oxygen atoms in total. The SMILES string of the molecule is CCOC(=O)/C([O-])=C/S.[Na+]. The van der Waals surface area contributed by atoms with Gasteiger partial charge in [-0.2, -0.15) is 12.6 Å². The molecule has 10 heavy (non-hydrogen) atoms. The summed E-state index contributed by atoms with van der Waals surface area (Å²) < 4.78 is 4.33. The molecule has 0 spiro atoms. The molecule has 52 valence electrons. The molecule has 0 fully saturated rings. The summed E-state index contributed by atoms with van der Waals surface area (Å²) in [6.45, 7) is 1.84. The molecule has 0 N–H and O–H groups in total. The number of hydrogen-bond donors (Lipinski definition) is 1. The van der Waals surface area contributed by atoms with Gasteiger partial charge in [0.05, 0.1) is 6.61 Å². The summed E-state index contributed by atoms with van der Waals surface area (Å²) in [5.74, 6) is -1.58. The van der Waals surface area contributed by atoms with Crippen molar-refractivity contribution in [3.63, 3.8) is 0 Å². The Bertz CT molecular complexity index is 135. The normalized spacial score (nSPS) is 10.0. The van der Waals surface area contributed by atoms with E-state index in [1.54, 1.807) is 6.92 Å². The van der Waals surface area contributed by atoms with Crippen molar-refractivity contribution in [1.82, 2.24) is 0 Å². The van der Waals surface area contributed by atoms with Gasteiger partial charge in [-0.1, -0.05) is 0 Å². The zero-order chi connectivity index (χ0) is 7.28. The van der Waals surface area contributed by atoms with Crippen molar-refractivity contribution >= 4 is 18.6 Å². The fraction of sp³-hybridized carbons (Fsp3) is 0.400. The fourth-order valence-corrected chi connectivity index (χ4v) is 0.360. The van der Waals surface area contributed by atoms with E-state index in [4.69, 9.17) is 0 Å². The van der Waals surface area contributed by atoms with Crippen molar-refractivity contribution in [2.24, 2.45) is 0 Å². The van der Waals surface area contributed by atoms with E-state index in [1.165, 1.54) is 0 Å². The Kier molecular flexibility index (Phi) is 9.70. The topological polar surface area (TPSA) is 49.4 Å². The maximum absolute atomic E-state index is 10.3. The van der Waals surface area contributed by atoms with Crippen LogP contribution < -0.4 is 34.7 Å². The van der Waals surface area contributed by atoms with Crippen molar-refractivity contribution in [2.45, 2.75) is 6.92 Å². The van der Waals surface area contributed by atoms with E-state index in [0.29, 0.717) is 0 Å². The Morgan fingerprint density at radius 1 is 1.80 bits per heavy atom. The van der Waals surface area contributed by atoms with Crippen LogP contribution in [-0.2, 0) is 9.53 Å². The van der Waals surface area contributed by atoms with Gasteiger partial charge in [0.2, 0.25) is 0 Å². The Hall–Kier alpha value is 0.360. The number of carbonyl (C=O) groups is 1. The van der Waals surface area contributed by atoms with Gasteiger partial charge in [-0.15, -0.1) is 0 Å². The van der Waals surface area contributed by atoms with Crippen LogP contribution in [0.5, 0.6) is 0 Å². The van der Waals surface area contributed by atoms with Crippen LogP contribution in [0.25, 0.3) is 0 Å². The predicted octanol–water partition coefficient (Wildman–Crippen LogP) is -3.31. The molecule has 0 aromatic heterocycles. The van der Waals surface area contributed by atoms with E-state index in [1.807, 2.05) is 0 Å². The molecular weight excluding hydrogens is 163 g/mol. The molecule has 0 saturated carbocycles. The first-order valence-corrected chi connectivity index (χ1v) is 2.92. The van der Waals surface area contributed by atoms with Crippen molar-refractivity contribution in [2.75, 3.05) is 6.61 Å². The molecule has 0 unspecified atom stereocenters. The molecule has 0 aliphatic carbocycles. The largest absolute Gasteiger partial charge is 1.00 e. The van der Waals surface area contributed by atoms with Gasteiger partial charge in [-0.3, -0.25) is 0 Å². The summed E-state index contributed by atoms with van der Waals surface area (Å²) in [5.41, 5.74) is 0. The molecule has 0 radical (unpaired) electrons. The molecule has 5 heteroatoms. The maximum atomic E-state index is 10.3. The molecule has 0 amide bonds. The van der Waals surface area contributed by atoms with Gasteiger partial charge in [0.15, 0.2) is 0 Å². The van der Waals surface area contributed by atoms with E-state index in [0.717, 1.165) is 5.41 Å². The average molecular weight is 170 g/mol. The summed E-state index contributed by atoms with van der Waals surface area (Å²) in [6, 6.07) is 0. The van der Waals surface area contributed by atoms with E-state index >= 15 is 0 Å². The van der Waals surface area contributed by atoms with Crippen molar-refractivity contribution in [3.8, 4) is 0 Å². The van der Waals surface area contributed by atoms with E-state index < -0.39 is 11.7 Å². The van der Waals surface area contributed by atoms with Crippen molar-refractivity contribution < 1.29 is 44.2 Å². The van der Waals surface area contributed by atoms with Gasteiger partial charge in [0, 0.05) is 0 Å². The predicted molar refractivity (Wildman–Crippen MR) is 33.7 cm³/mol. The summed E-state index contributed by atoms with van der Waals surface area (Å²) in [6.07, 6.45) is 0. The number of thiol groups is 1. The van der Waals surface area contributed by atoms with Crippen molar-refractivity contribution in [1.29, 1.82) is 0 Å². The first kappa shape index (κ1) is 13.0. The summed E-state index contributed by atoms with van der Waals surface area (Å²) in [7, 11) is 0. The Morgan fingerprint density at radius 2 is 2.30 bits per heavy atom. The monoisotopic (exact) mass is 170 g/mol. The Morgan fingerprint density at radius 3 is 2.60 bits per heavy atom. The van der Waals surface area contributed by atoms with E-state index in [2.05, 4.69) is 17.4 Å². The minimum Gasteiger partial charge on any atom is -0.867 e. The van der Waals surface area contributed by atoms with Crippen LogP contribution in [-0.4, -0.2) is 12.6 Å². The van der Waals surface area contributed by atoms with Gasteiger partial charge in [-0.05, 0) is 18.1 Å².